The van der Waals surface area contributed by atoms with E-state index in [4.69, 9.17) is 9.47 Å². The fourth-order valence-corrected chi connectivity index (χ4v) is 3.07. The van der Waals surface area contributed by atoms with E-state index in [1.54, 1.807) is 0 Å². The molecule has 0 spiro atoms. The minimum Gasteiger partial charge on any atom is -0.350 e. The Kier molecular flexibility index (Phi) is 5.93. The predicted octanol–water partition coefficient (Wildman–Crippen LogP) is 3.04. The van der Waals surface area contributed by atoms with E-state index in [-0.39, 0.29) is 6.29 Å². The van der Waals surface area contributed by atoms with Crippen molar-refractivity contribution in [3.63, 3.8) is 0 Å². The van der Waals surface area contributed by atoms with Crippen molar-refractivity contribution in [3.05, 3.63) is 0 Å². The molecule has 0 radical (unpaired) electrons. The van der Waals surface area contributed by atoms with Crippen molar-refractivity contribution in [3.8, 4) is 0 Å². The van der Waals surface area contributed by atoms with Gasteiger partial charge in [0.2, 0.25) is 0 Å². The van der Waals surface area contributed by atoms with Crippen LogP contribution in [0.3, 0.4) is 0 Å². The van der Waals surface area contributed by atoms with Crippen LogP contribution < -0.4 is 0 Å². The van der Waals surface area contributed by atoms with E-state index >= 15 is 0 Å². The van der Waals surface area contributed by atoms with Gasteiger partial charge in [-0.1, -0.05) is 26.7 Å². The van der Waals surface area contributed by atoms with Gasteiger partial charge in [-0.2, -0.15) is 0 Å². The molecule has 0 aromatic heterocycles. The molecule has 2 saturated heterocycles. The van der Waals surface area contributed by atoms with Crippen LogP contribution in [0.2, 0.25) is 0 Å². The van der Waals surface area contributed by atoms with Crippen LogP contribution in [0.25, 0.3) is 0 Å². The molecule has 0 unspecified atom stereocenters. The summed E-state index contributed by atoms with van der Waals surface area (Å²) in [5.74, 6) is 0.591. The summed E-state index contributed by atoms with van der Waals surface area (Å²) in [7, 11) is 0. The summed E-state index contributed by atoms with van der Waals surface area (Å²) in [5, 5.41) is 0. The Morgan fingerprint density at radius 1 is 1.22 bits per heavy atom. The molecule has 3 atom stereocenters. The molecular formula is C15H29NO2. The zero-order chi connectivity index (χ0) is 12.8. The summed E-state index contributed by atoms with van der Waals surface area (Å²) in [6, 6.07) is 0. The second-order valence-electron chi connectivity index (χ2n) is 5.78. The fourth-order valence-electron chi connectivity index (χ4n) is 3.07. The summed E-state index contributed by atoms with van der Waals surface area (Å²) in [4.78, 5) is 2.52. The predicted molar refractivity (Wildman–Crippen MR) is 73.6 cm³/mol. The molecule has 0 amide bonds. The van der Waals surface area contributed by atoms with Gasteiger partial charge in [0.05, 0.1) is 12.7 Å². The van der Waals surface area contributed by atoms with Gasteiger partial charge >= 0.3 is 0 Å². The first-order valence-corrected chi connectivity index (χ1v) is 7.83. The number of likely N-dealkylation sites (tertiary alicyclic amines) is 1. The number of unbranched alkanes of at least 4 members (excludes halogenated alkanes) is 1. The lowest BCUT2D eigenvalue weighted by Gasteiger charge is -2.22. The van der Waals surface area contributed by atoms with Crippen LogP contribution in [-0.2, 0) is 9.47 Å². The van der Waals surface area contributed by atoms with Crippen LogP contribution in [0.5, 0.6) is 0 Å². The number of hydrogen-bond donors (Lipinski definition) is 0. The molecule has 0 N–H and O–H groups in total. The van der Waals surface area contributed by atoms with E-state index in [2.05, 4.69) is 18.7 Å². The van der Waals surface area contributed by atoms with Crippen molar-refractivity contribution in [1.29, 1.82) is 0 Å². The Labute approximate surface area is 112 Å². The van der Waals surface area contributed by atoms with Gasteiger partial charge in [-0.3, -0.25) is 0 Å². The van der Waals surface area contributed by atoms with Gasteiger partial charge in [0.25, 0.3) is 0 Å². The lowest BCUT2D eigenvalue weighted by molar-refractivity contribution is -0.102. The molecule has 18 heavy (non-hydrogen) atoms. The molecule has 0 aliphatic carbocycles. The molecular weight excluding hydrogens is 226 g/mol. The van der Waals surface area contributed by atoms with Gasteiger partial charge in [0, 0.05) is 12.5 Å². The molecule has 0 bridgehead atoms. The fraction of sp³-hybridized carbons (Fsp3) is 1.00. The third-order valence-corrected chi connectivity index (χ3v) is 4.27. The number of nitrogens with zero attached hydrogens (tertiary/aromatic N) is 1. The van der Waals surface area contributed by atoms with E-state index in [0.717, 1.165) is 13.2 Å². The normalized spacial score (nSPS) is 31.0. The van der Waals surface area contributed by atoms with Crippen LogP contribution >= 0.6 is 0 Å². The molecule has 0 aromatic carbocycles. The van der Waals surface area contributed by atoms with Crippen molar-refractivity contribution in [2.24, 2.45) is 5.92 Å². The summed E-state index contributed by atoms with van der Waals surface area (Å²) in [6.07, 6.45) is 8.04. The summed E-state index contributed by atoms with van der Waals surface area (Å²) < 4.78 is 12.0. The molecule has 0 saturated carbocycles. The molecule has 2 fully saturated rings. The van der Waals surface area contributed by atoms with Crippen LogP contribution in [-0.4, -0.2) is 43.5 Å². The van der Waals surface area contributed by atoms with Gasteiger partial charge in [-0.25, -0.2) is 0 Å². The van der Waals surface area contributed by atoms with Crippen LogP contribution in [0.4, 0.5) is 0 Å². The average molecular weight is 255 g/mol. The lowest BCUT2D eigenvalue weighted by Crippen LogP contribution is -2.32. The highest BCUT2D eigenvalue weighted by Gasteiger charge is 2.32. The van der Waals surface area contributed by atoms with Crippen molar-refractivity contribution in [1.82, 2.24) is 4.90 Å². The van der Waals surface area contributed by atoms with E-state index in [1.807, 2.05) is 0 Å². The summed E-state index contributed by atoms with van der Waals surface area (Å²) >= 11 is 0. The van der Waals surface area contributed by atoms with Crippen molar-refractivity contribution < 1.29 is 9.47 Å². The smallest absolute Gasteiger partial charge is 0.161 e. The van der Waals surface area contributed by atoms with E-state index < -0.39 is 0 Å². The first-order chi connectivity index (χ1) is 8.83. The van der Waals surface area contributed by atoms with Gasteiger partial charge in [0.1, 0.15) is 0 Å². The minimum atomic E-state index is 0.0640. The third kappa shape index (κ3) is 3.94. The quantitative estimate of drug-likeness (QED) is 0.698. The third-order valence-electron chi connectivity index (χ3n) is 4.27. The largest absolute Gasteiger partial charge is 0.350 e. The topological polar surface area (TPSA) is 21.7 Å². The van der Waals surface area contributed by atoms with Crippen LogP contribution in [0, 0.1) is 5.92 Å². The lowest BCUT2D eigenvalue weighted by atomic mass is 9.99. The van der Waals surface area contributed by atoms with Crippen LogP contribution in [0.15, 0.2) is 0 Å². The molecule has 3 heteroatoms. The van der Waals surface area contributed by atoms with E-state index in [9.17, 15) is 0 Å². The maximum atomic E-state index is 6.11. The second-order valence-corrected chi connectivity index (χ2v) is 5.78. The van der Waals surface area contributed by atoms with E-state index in [1.165, 1.54) is 51.6 Å². The molecule has 2 aliphatic rings. The van der Waals surface area contributed by atoms with Gasteiger partial charge < -0.3 is 14.4 Å². The highest BCUT2D eigenvalue weighted by Crippen LogP contribution is 2.26. The Morgan fingerprint density at radius 2 is 2.00 bits per heavy atom. The SMILES string of the molecule is CCCC[C@@H](CC)[C@H]1OC[C@H](CN2CCCC2)O1. The summed E-state index contributed by atoms with van der Waals surface area (Å²) in [5.41, 5.74) is 0. The summed E-state index contributed by atoms with van der Waals surface area (Å²) in [6.45, 7) is 8.86. The van der Waals surface area contributed by atoms with Crippen molar-refractivity contribution >= 4 is 0 Å². The Bertz CT molecular complexity index is 229. The zero-order valence-electron chi connectivity index (χ0n) is 12.1. The highest BCUT2D eigenvalue weighted by atomic mass is 16.7. The first kappa shape index (κ1) is 14.3. The number of ether oxygens (including phenoxy) is 2. The molecule has 3 nitrogen and oxygen atoms in total. The molecule has 0 aromatic rings. The van der Waals surface area contributed by atoms with Crippen molar-refractivity contribution in [2.45, 2.75) is 64.8 Å². The average Bonchev–Trinajstić information content (AvgIpc) is 3.03. The zero-order valence-corrected chi connectivity index (χ0v) is 12.1. The Balaban J connectivity index is 1.72. The molecule has 106 valence electrons. The maximum Gasteiger partial charge on any atom is 0.161 e. The molecule has 2 aliphatic heterocycles. The monoisotopic (exact) mass is 255 g/mol. The second kappa shape index (κ2) is 7.46. The number of hydrogen-bond acceptors (Lipinski definition) is 3. The first-order valence-electron chi connectivity index (χ1n) is 7.83. The van der Waals surface area contributed by atoms with E-state index in [0.29, 0.717) is 12.0 Å². The molecule has 2 rings (SSSR count). The Morgan fingerprint density at radius 3 is 2.67 bits per heavy atom. The van der Waals surface area contributed by atoms with Gasteiger partial charge in [-0.15, -0.1) is 0 Å². The highest BCUT2D eigenvalue weighted by molar-refractivity contribution is 4.76. The molecule has 2 heterocycles. The standard InChI is InChI=1S/C15H29NO2/c1-3-5-8-13(4-2)15-17-12-14(18-15)11-16-9-6-7-10-16/h13-15H,3-12H2,1-2H3/t13-,14+,15+/m1/s1. The minimum absolute atomic E-state index is 0.0640. The Hall–Kier alpha value is -0.120. The number of rotatable bonds is 7. The van der Waals surface area contributed by atoms with Crippen LogP contribution in [0.1, 0.15) is 52.4 Å². The van der Waals surface area contributed by atoms with Gasteiger partial charge in [-0.05, 0) is 38.8 Å². The van der Waals surface area contributed by atoms with Gasteiger partial charge in [0.15, 0.2) is 6.29 Å². The maximum absolute atomic E-state index is 6.11. The van der Waals surface area contributed by atoms with Crippen molar-refractivity contribution in [2.75, 3.05) is 26.2 Å².